The first-order chi connectivity index (χ1) is 8.15. The molecule has 2 aromatic rings. The summed E-state index contributed by atoms with van der Waals surface area (Å²) in [7, 11) is 0. The average Bonchev–Trinajstić information content (AvgIpc) is 2.70. The SMILES string of the molecule is O=c1[nH]c(CNCc2ccc(O)c(F)c2)cs1. The zero-order valence-electron chi connectivity index (χ0n) is 8.87. The quantitative estimate of drug-likeness (QED) is 0.776. The number of aromatic amines is 1. The average molecular weight is 254 g/mol. The molecule has 90 valence electrons. The number of H-pyrrole nitrogens is 1. The maximum atomic E-state index is 13.0. The first kappa shape index (κ1) is 11.8. The predicted molar refractivity (Wildman–Crippen MR) is 63.5 cm³/mol. The maximum absolute atomic E-state index is 13.0. The van der Waals surface area contributed by atoms with Crippen molar-refractivity contribution in [1.29, 1.82) is 0 Å². The molecule has 1 aromatic heterocycles. The van der Waals surface area contributed by atoms with Crippen molar-refractivity contribution in [3.8, 4) is 5.75 Å². The van der Waals surface area contributed by atoms with Crippen molar-refractivity contribution in [3.63, 3.8) is 0 Å². The van der Waals surface area contributed by atoms with E-state index in [1.54, 1.807) is 11.4 Å². The number of phenolic OH excluding ortho intramolecular Hbond substituents is 1. The minimum absolute atomic E-state index is 0.0857. The van der Waals surface area contributed by atoms with Crippen molar-refractivity contribution in [2.75, 3.05) is 0 Å². The highest BCUT2D eigenvalue weighted by Gasteiger charge is 2.01. The molecular formula is C11H11FN2O2S. The van der Waals surface area contributed by atoms with E-state index >= 15 is 0 Å². The standard InChI is InChI=1S/C11H11FN2O2S/c12-9-3-7(1-2-10(9)15)4-13-5-8-6-17-11(16)14-8/h1-3,6,13,15H,4-5H2,(H,14,16). The van der Waals surface area contributed by atoms with Crippen LogP contribution in [0, 0.1) is 5.82 Å². The van der Waals surface area contributed by atoms with E-state index in [1.165, 1.54) is 12.1 Å². The molecule has 1 heterocycles. The van der Waals surface area contributed by atoms with Gasteiger partial charge in [-0.05, 0) is 17.7 Å². The van der Waals surface area contributed by atoms with Crippen molar-refractivity contribution < 1.29 is 9.50 Å². The number of thiazole rings is 1. The Kier molecular flexibility index (Phi) is 3.55. The van der Waals surface area contributed by atoms with Gasteiger partial charge in [0.15, 0.2) is 11.6 Å². The van der Waals surface area contributed by atoms with Crippen LogP contribution in [0.15, 0.2) is 28.4 Å². The highest BCUT2D eigenvalue weighted by molar-refractivity contribution is 7.07. The van der Waals surface area contributed by atoms with Crippen molar-refractivity contribution in [2.24, 2.45) is 0 Å². The van der Waals surface area contributed by atoms with Gasteiger partial charge in [-0.1, -0.05) is 17.4 Å². The lowest BCUT2D eigenvalue weighted by Gasteiger charge is -2.04. The van der Waals surface area contributed by atoms with Crippen LogP contribution >= 0.6 is 11.3 Å². The second kappa shape index (κ2) is 5.11. The molecule has 0 aliphatic carbocycles. The lowest BCUT2D eigenvalue weighted by Crippen LogP contribution is -2.13. The number of aromatic hydroxyl groups is 1. The molecule has 1 aromatic carbocycles. The summed E-state index contributed by atoms with van der Waals surface area (Å²) in [5, 5.41) is 13.8. The van der Waals surface area contributed by atoms with Crippen molar-refractivity contribution in [1.82, 2.24) is 10.3 Å². The molecule has 0 saturated carbocycles. The Bertz CT molecular complexity index is 565. The molecule has 0 radical (unpaired) electrons. The Morgan fingerprint density at radius 3 is 2.88 bits per heavy atom. The third kappa shape index (κ3) is 3.15. The van der Waals surface area contributed by atoms with Gasteiger partial charge in [0.1, 0.15) is 0 Å². The van der Waals surface area contributed by atoms with Crippen LogP contribution < -0.4 is 10.2 Å². The van der Waals surface area contributed by atoms with Gasteiger partial charge in [-0.3, -0.25) is 4.79 Å². The maximum Gasteiger partial charge on any atom is 0.304 e. The van der Waals surface area contributed by atoms with Gasteiger partial charge < -0.3 is 15.4 Å². The van der Waals surface area contributed by atoms with Gasteiger partial charge in [0.2, 0.25) is 0 Å². The summed E-state index contributed by atoms with van der Waals surface area (Å²) in [5.74, 6) is -0.982. The number of hydrogen-bond acceptors (Lipinski definition) is 4. The monoisotopic (exact) mass is 254 g/mol. The molecule has 4 nitrogen and oxygen atoms in total. The van der Waals surface area contributed by atoms with Crippen molar-refractivity contribution in [3.05, 3.63) is 50.3 Å². The van der Waals surface area contributed by atoms with Gasteiger partial charge >= 0.3 is 4.87 Å². The fourth-order valence-electron chi connectivity index (χ4n) is 1.40. The summed E-state index contributed by atoms with van der Waals surface area (Å²) < 4.78 is 13.0. The van der Waals surface area contributed by atoms with E-state index in [2.05, 4.69) is 10.3 Å². The van der Waals surface area contributed by atoms with Crippen LogP contribution in [-0.4, -0.2) is 10.1 Å². The van der Waals surface area contributed by atoms with E-state index in [-0.39, 0.29) is 10.6 Å². The Hall–Kier alpha value is -1.66. The Morgan fingerprint density at radius 2 is 2.24 bits per heavy atom. The molecule has 6 heteroatoms. The second-order valence-electron chi connectivity index (χ2n) is 3.56. The zero-order valence-corrected chi connectivity index (χ0v) is 9.68. The van der Waals surface area contributed by atoms with Gasteiger partial charge in [-0.25, -0.2) is 4.39 Å². The van der Waals surface area contributed by atoms with Crippen LogP contribution in [0.5, 0.6) is 5.75 Å². The summed E-state index contributed by atoms with van der Waals surface area (Å²) in [6.45, 7) is 0.982. The number of benzene rings is 1. The van der Waals surface area contributed by atoms with Crippen molar-refractivity contribution >= 4 is 11.3 Å². The van der Waals surface area contributed by atoms with E-state index in [0.29, 0.717) is 13.1 Å². The van der Waals surface area contributed by atoms with Crippen LogP contribution in [0.4, 0.5) is 4.39 Å². The van der Waals surface area contributed by atoms with Crippen LogP contribution in [0.25, 0.3) is 0 Å². The third-order valence-corrected chi connectivity index (χ3v) is 2.95. The van der Waals surface area contributed by atoms with E-state index in [1.807, 2.05) is 0 Å². The largest absolute Gasteiger partial charge is 0.505 e. The molecule has 3 N–H and O–H groups in total. The van der Waals surface area contributed by atoms with Gasteiger partial charge in [-0.15, -0.1) is 0 Å². The van der Waals surface area contributed by atoms with Crippen LogP contribution in [0.1, 0.15) is 11.3 Å². The molecule has 0 spiro atoms. The molecule has 0 amide bonds. The van der Waals surface area contributed by atoms with Gasteiger partial charge in [0, 0.05) is 24.2 Å². The zero-order chi connectivity index (χ0) is 12.3. The summed E-state index contributed by atoms with van der Waals surface area (Å²) >= 11 is 1.11. The second-order valence-corrected chi connectivity index (χ2v) is 4.40. The minimum atomic E-state index is -0.631. The number of halogens is 1. The number of hydrogen-bond donors (Lipinski definition) is 3. The molecule has 17 heavy (non-hydrogen) atoms. The molecule has 0 saturated heterocycles. The molecule has 0 atom stereocenters. The van der Waals surface area contributed by atoms with Crippen LogP contribution in [0.2, 0.25) is 0 Å². The highest BCUT2D eigenvalue weighted by Crippen LogP contribution is 2.15. The van der Waals surface area contributed by atoms with Gasteiger partial charge in [-0.2, -0.15) is 0 Å². The van der Waals surface area contributed by atoms with Crippen LogP contribution in [-0.2, 0) is 13.1 Å². The third-order valence-electron chi connectivity index (χ3n) is 2.23. The summed E-state index contributed by atoms with van der Waals surface area (Å²) in [6.07, 6.45) is 0. The van der Waals surface area contributed by atoms with Crippen molar-refractivity contribution in [2.45, 2.75) is 13.1 Å². The molecule has 0 bridgehead atoms. The normalized spacial score (nSPS) is 10.6. The Morgan fingerprint density at radius 1 is 1.41 bits per heavy atom. The molecule has 0 fully saturated rings. The van der Waals surface area contributed by atoms with E-state index in [9.17, 15) is 9.18 Å². The first-order valence-electron chi connectivity index (χ1n) is 5.00. The topological polar surface area (TPSA) is 65.1 Å². The first-order valence-corrected chi connectivity index (χ1v) is 5.88. The lowest BCUT2D eigenvalue weighted by atomic mass is 10.2. The number of phenols is 1. The molecular weight excluding hydrogens is 243 g/mol. The molecule has 0 aliphatic rings. The number of aromatic nitrogens is 1. The minimum Gasteiger partial charge on any atom is -0.505 e. The smallest absolute Gasteiger partial charge is 0.304 e. The fourth-order valence-corrected chi connectivity index (χ4v) is 1.98. The Balaban J connectivity index is 1.89. The summed E-state index contributed by atoms with van der Waals surface area (Å²) in [4.78, 5) is 13.4. The summed E-state index contributed by atoms with van der Waals surface area (Å²) in [5.41, 5.74) is 1.54. The van der Waals surface area contributed by atoms with E-state index in [4.69, 9.17) is 5.11 Å². The molecule has 0 aliphatic heterocycles. The molecule has 2 rings (SSSR count). The van der Waals surface area contributed by atoms with Gasteiger partial charge in [0.05, 0.1) is 0 Å². The predicted octanol–water partition coefficient (Wildman–Crippen LogP) is 1.57. The number of nitrogens with one attached hydrogen (secondary N) is 2. The lowest BCUT2D eigenvalue weighted by molar-refractivity contribution is 0.431. The Labute approximate surface area is 101 Å². The van der Waals surface area contributed by atoms with E-state index in [0.717, 1.165) is 22.6 Å². The van der Waals surface area contributed by atoms with Gasteiger partial charge in [0.25, 0.3) is 0 Å². The highest BCUT2D eigenvalue weighted by atomic mass is 32.1. The number of rotatable bonds is 4. The molecule has 0 unspecified atom stereocenters. The van der Waals surface area contributed by atoms with E-state index < -0.39 is 5.82 Å². The fraction of sp³-hybridized carbons (Fsp3) is 0.182. The van der Waals surface area contributed by atoms with Crippen LogP contribution in [0.3, 0.4) is 0 Å². The summed E-state index contributed by atoms with van der Waals surface area (Å²) in [6, 6.07) is 4.24.